The minimum atomic E-state index is -0.356. The van der Waals surface area contributed by atoms with Crippen molar-refractivity contribution in [3.8, 4) is 0 Å². The summed E-state index contributed by atoms with van der Waals surface area (Å²) in [4.78, 5) is 4.56. The average molecular weight is 217 g/mol. The summed E-state index contributed by atoms with van der Waals surface area (Å²) in [5.74, 6) is 0. The summed E-state index contributed by atoms with van der Waals surface area (Å²) in [7, 11) is 4.16. The number of nitrogens with zero attached hydrogens (tertiary/aromatic N) is 2. The smallest absolute Gasteiger partial charge is 0.0674 e. The molecule has 0 saturated heterocycles. The number of rotatable bonds is 8. The van der Waals surface area contributed by atoms with Crippen molar-refractivity contribution in [3.05, 3.63) is 0 Å². The second kappa shape index (κ2) is 8.05. The molecule has 0 aliphatic heterocycles. The molecule has 0 aromatic rings. The van der Waals surface area contributed by atoms with E-state index in [1.54, 1.807) is 0 Å². The van der Waals surface area contributed by atoms with E-state index in [2.05, 4.69) is 37.7 Å². The van der Waals surface area contributed by atoms with Gasteiger partial charge in [0.05, 0.1) is 6.10 Å². The minimum absolute atomic E-state index is 0.356. The summed E-state index contributed by atoms with van der Waals surface area (Å²) >= 11 is 0. The van der Waals surface area contributed by atoms with Gasteiger partial charge in [-0.3, -0.25) is 4.90 Å². The lowest BCUT2D eigenvalue weighted by Gasteiger charge is -2.30. The Morgan fingerprint density at radius 1 is 1.33 bits per heavy atom. The Hall–Kier alpha value is -0.160. The summed E-state index contributed by atoms with van der Waals surface area (Å²) in [5.41, 5.74) is 5.38. The fourth-order valence-corrected chi connectivity index (χ4v) is 1.77. The first-order valence-corrected chi connectivity index (χ1v) is 5.78. The molecule has 15 heavy (non-hydrogen) atoms. The van der Waals surface area contributed by atoms with Gasteiger partial charge in [-0.05, 0) is 34.0 Å². The van der Waals surface area contributed by atoms with E-state index in [-0.39, 0.29) is 6.10 Å². The lowest BCUT2D eigenvalue weighted by atomic mass is 10.2. The molecule has 2 atom stereocenters. The highest BCUT2D eigenvalue weighted by atomic mass is 16.3. The zero-order chi connectivity index (χ0) is 11.8. The Labute approximate surface area is 94.0 Å². The molecule has 0 radical (unpaired) electrons. The van der Waals surface area contributed by atoms with Gasteiger partial charge in [0, 0.05) is 25.7 Å². The van der Waals surface area contributed by atoms with Crippen LogP contribution in [0.15, 0.2) is 0 Å². The lowest BCUT2D eigenvalue weighted by molar-refractivity contribution is 0.125. The number of hydrogen-bond donors (Lipinski definition) is 2. The Morgan fingerprint density at radius 3 is 2.33 bits per heavy atom. The van der Waals surface area contributed by atoms with Crippen LogP contribution >= 0.6 is 0 Å². The van der Waals surface area contributed by atoms with Crippen LogP contribution < -0.4 is 5.73 Å². The van der Waals surface area contributed by atoms with Crippen LogP contribution in [0.4, 0.5) is 0 Å². The molecule has 0 heterocycles. The molecule has 0 aliphatic rings. The van der Waals surface area contributed by atoms with Crippen molar-refractivity contribution >= 4 is 0 Å². The first-order chi connectivity index (χ1) is 7.01. The molecular formula is C11H27N3O. The molecule has 0 amide bonds. The van der Waals surface area contributed by atoms with Crippen molar-refractivity contribution in [2.45, 2.75) is 32.4 Å². The van der Waals surface area contributed by atoms with Gasteiger partial charge >= 0.3 is 0 Å². The highest BCUT2D eigenvalue weighted by Crippen LogP contribution is 2.03. The largest absolute Gasteiger partial charge is 0.392 e. The molecule has 3 N–H and O–H groups in total. The van der Waals surface area contributed by atoms with E-state index in [0.29, 0.717) is 12.6 Å². The third-order valence-electron chi connectivity index (χ3n) is 2.68. The summed E-state index contributed by atoms with van der Waals surface area (Å²) in [6.45, 7) is 7.72. The van der Waals surface area contributed by atoms with Gasteiger partial charge in [0.1, 0.15) is 0 Å². The van der Waals surface area contributed by atoms with E-state index in [4.69, 9.17) is 5.73 Å². The topological polar surface area (TPSA) is 52.7 Å². The van der Waals surface area contributed by atoms with Gasteiger partial charge in [-0.2, -0.15) is 0 Å². The molecule has 0 aliphatic carbocycles. The Bertz CT molecular complexity index is 153. The van der Waals surface area contributed by atoms with Gasteiger partial charge < -0.3 is 15.7 Å². The van der Waals surface area contributed by atoms with Crippen molar-refractivity contribution in [1.29, 1.82) is 0 Å². The van der Waals surface area contributed by atoms with Crippen molar-refractivity contribution in [1.82, 2.24) is 9.80 Å². The minimum Gasteiger partial charge on any atom is -0.392 e. The zero-order valence-electron chi connectivity index (χ0n) is 10.6. The molecule has 4 nitrogen and oxygen atoms in total. The highest BCUT2D eigenvalue weighted by Gasteiger charge is 2.13. The summed E-state index contributed by atoms with van der Waals surface area (Å²) in [6.07, 6.45) is 0.410. The molecule has 0 aromatic carbocycles. The van der Waals surface area contributed by atoms with Crippen LogP contribution in [0.5, 0.6) is 0 Å². The monoisotopic (exact) mass is 217 g/mol. The molecule has 92 valence electrons. The normalized spacial score (nSPS) is 16.0. The maximum Gasteiger partial charge on any atom is 0.0674 e. The van der Waals surface area contributed by atoms with Crippen molar-refractivity contribution in [2.24, 2.45) is 5.73 Å². The van der Waals surface area contributed by atoms with Crippen LogP contribution in [-0.4, -0.2) is 67.3 Å². The van der Waals surface area contributed by atoms with Gasteiger partial charge in [-0.15, -0.1) is 0 Å². The Morgan fingerprint density at radius 2 is 1.93 bits per heavy atom. The van der Waals surface area contributed by atoms with Gasteiger partial charge in [0.25, 0.3) is 0 Å². The summed E-state index contributed by atoms with van der Waals surface area (Å²) in [5, 5.41) is 9.40. The Balaban J connectivity index is 3.89. The predicted molar refractivity (Wildman–Crippen MR) is 64.9 cm³/mol. The maximum absolute atomic E-state index is 9.40. The summed E-state index contributed by atoms with van der Waals surface area (Å²) < 4.78 is 0. The number of nitrogens with two attached hydrogens (primary N) is 1. The quantitative estimate of drug-likeness (QED) is 0.599. The molecule has 0 rings (SSSR count). The van der Waals surface area contributed by atoms with Crippen LogP contribution in [0.1, 0.15) is 20.3 Å². The molecule has 0 fully saturated rings. The van der Waals surface area contributed by atoms with E-state index in [1.807, 2.05) is 0 Å². The molecular weight excluding hydrogens is 190 g/mol. The van der Waals surface area contributed by atoms with E-state index >= 15 is 0 Å². The van der Waals surface area contributed by atoms with Crippen LogP contribution in [0, 0.1) is 0 Å². The van der Waals surface area contributed by atoms with Gasteiger partial charge in [0.15, 0.2) is 0 Å². The molecule has 0 spiro atoms. The van der Waals surface area contributed by atoms with Gasteiger partial charge in [0.2, 0.25) is 0 Å². The number of aliphatic hydroxyl groups excluding tert-OH is 1. The molecule has 4 heteroatoms. The molecule has 0 saturated carbocycles. The third kappa shape index (κ3) is 6.84. The fourth-order valence-electron chi connectivity index (χ4n) is 1.77. The SMILES string of the molecule is CCN(CCC(O)CN)C(C)CN(C)C. The van der Waals surface area contributed by atoms with Crippen LogP contribution in [0.25, 0.3) is 0 Å². The van der Waals surface area contributed by atoms with Crippen LogP contribution in [0.3, 0.4) is 0 Å². The van der Waals surface area contributed by atoms with Crippen molar-refractivity contribution < 1.29 is 5.11 Å². The fraction of sp³-hybridized carbons (Fsp3) is 1.00. The third-order valence-corrected chi connectivity index (χ3v) is 2.68. The first kappa shape index (κ1) is 14.8. The number of hydrogen-bond acceptors (Lipinski definition) is 4. The first-order valence-electron chi connectivity index (χ1n) is 5.78. The van der Waals surface area contributed by atoms with Crippen molar-refractivity contribution in [3.63, 3.8) is 0 Å². The average Bonchev–Trinajstić information content (AvgIpc) is 2.17. The zero-order valence-corrected chi connectivity index (χ0v) is 10.6. The standard InChI is InChI=1S/C11H27N3O/c1-5-14(7-6-11(15)8-12)10(2)9-13(3)4/h10-11,15H,5-9,12H2,1-4H3. The number of likely N-dealkylation sites (N-methyl/N-ethyl adjacent to an activating group) is 2. The molecule has 2 unspecified atom stereocenters. The van der Waals surface area contributed by atoms with E-state index < -0.39 is 0 Å². The van der Waals surface area contributed by atoms with Gasteiger partial charge in [-0.1, -0.05) is 6.92 Å². The lowest BCUT2D eigenvalue weighted by Crippen LogP contribution is -2.41. The van der Waals surface area contributed by atoms with E-state index in [1.165, 1.54) is 0 Å². The summed E-state index contributed by atoms with van der Waals surface area (Å²) in [6, 6.07) is 0.523. The van der Waals surface area contributed by atoms with E-state index in [0.717, 1.165) is 26.1 Å². The van der Waals surface area contributed by atoms with E-state index in [9.17, 15) is 5.11 Å². The Kier molecular flexibility index (Phi) is 7.96. The van der Waals surface area contributed by atoms with Crippen LogP contribution in [-0.2, 0) is 0 Å². The van der Waals surface area contributed by atoms with Crippen molar-refractivity contribution in [2.75, 3.05) is 40.3 Å². The molecule has 0 aromatic heterocycles. The highest BCUT2D eigenvalue weighted by molar-refractivity contribution is 4.70. The maximum atomic E-state index is 9.40. The second-order valence-corrected chi connectivity index (χ2v) is 4.42. The van der Waals surface area contributed by atoms with Gasteiger partial charge in [-0.25, -0.2) is 0 Å². The number of aliphatic hydroxyl groups is 1. The second-order valence-electron chi connectivity index (χ2n) is 4.42. The predicted octanol–water partition coefficient (Wildman–Crippen LogP) is -0.0319. The molecule has 0 bridgehead atoms. The van der Waals surface area contributed by atoms with Crippen LogP contribution in [0.2, 0.25) is 0 Å².